The van der Waals surface area contributed by atoms with Crippen LogP contribution in [0.5, 0.6) is 5.75 Å². The van der Waals surface area contributed by atoms with Crippen LogP contribution in [0.4, 0.5) is 10.5 Å². The number of carbonyl (C=O) groups is 3. The number of aromatic nitrogens is 1. The van der Waals surface area contributed by atoms with Crippen LogP contribution in [0.25, 0.3) is 11.8 Å². The number of ether oxygens (including phenoxy) is 1. The second-order valence-corrected chi connectivity index (χ2v) is 7.94. The minimum absolute atomic E-state index is 0.146. The number of aryl methyl sites for hydroxylation is 1. The molecule has 1 saturated heterocycles. The van der Waals surface area contributed by atoms with Gasteiger partial charge in [-0.05, 0) is 68.8 Å². The Morgan fingerprint density at radius 3 is 2.52 bits per heavy atom. The van der Waals surface area contributed by atoms with Gasteiger partial charge in [-0.15, -0.1) is 0 Å². The van der Waals surface area contributed by atoms with Crippen LogP contribution in [-0.4, -0.2) is 29.0 Å². The summed E-state index contributed by atoms with van der Waals surface area (Å²) in [6.45, 7) is 5.98. The van der Waals surface area contributed by atoms with Crippen molar-refractivity contribution >= 4 is 41.2 Å². The maximum atomic E-state index is 13.3. The Hall–Kier alpha value is -3.84. The molecule has 2 heterocycles. The summed E-state index contributed by atoms with van der Waals surface area (Å²) in [6, 6.07) is 15.2. The molecule has 0 saturated carbocycles. The van der Waals surface area contributed by atoms with Crippen molar-refractivity contribution in [1.29, 1.82) is 0 Å². The average molecular weight is 464 g/mol. The van der Waals surface area contributed by atoms with Gasteiger partial charge in [-0.25, -0.2) is 9.69 Å². The smallest absolute Gasteiger partial charge is 0.336 e. The molecule has 1 aliphatic heterocycles. The number of amides is 4. The topological polar surface area (TPSA) is 80.6 Å². The van der Waals surface area contributed by atoms with Gasteiger partial charge in [-0.2, -0.15) is 0 Å². The summed E-state index contributed by atoms with van der Waals surface area (Å²) in [5.74, 6) is -1.09. The molecule has 1 aliphatic rings. The zero-order chi connectivity index (χ0) is 23.7. The molecular weight excluding hydrogens is 442 g/mol. The van der Waals surface area contributed by atoms with Crippen LogP contribution in [0.1, 0.15) is 23.9 Å². The van der Waals surface area contributed by atoms with Gasteiger partial charge >= 0.3 is 6.03 Å². The van der Waals surface area contributed by atoms with Gasteiger partial charge in [0.15, 0.2) is 0 Å². The average Bonchev–Trinajstić information content (AvgIpc) is 3.05. The minimum atomic E-state index is -0.821. The molecule has 4 rings (SSSR count). The van der Waals surface area contributed by atoms with Crippen molar-refractivity contribution in [3.8, 4) is 11.4 Å². The van der Waals surface area contributed by atoms with E-state index in [9.17, 15) is 14.4 Å². The molecule has 0 unspecified atom stereocenters. The SMILES string of the molecule is CCOc1ccccc1N1C(=O)NC(=O)/C(=C\c2cc(C)n(-c3cccc(Cl)c3)c2C)C1=O. The normalized spacial score (nSPS) is 15.2. The van der Waals surface area contributed by atoms with Crippen molar-refractivity contribution < 1.29 is 19.1 Å². The highest BCUT2D eigenvalue weighted by Crippen LogP contribution is 2.32. The number of urea groups is 1. The quantitative estimate of drug-likeness (QED) is 0.435. The molecular formula is C25H22ClN3O4. The lowest BCUT2D eigenvalue weighted by Gasteiger charge is -2.27. The number of nitrogens with zero attached hydrogens (tertiary/aromatic N) is 2. The summed E-state index contributed by atoms with van der Waals surface area (Å²) in [4.78, 5) is 39.5. The summed E-state index contributed by atoms with van der Waals surface area (Å²) in [7, 11) is 0. The Morgan fingerprint density at radius 2 is 1.79 bits per heavy atom. The molecule has 0 bridgehead atoms. The number of anilines is 1. The van der Waals surface area contributed by atoms with Gasteiger partial charge in [-0.1, -0.05) is 29.8 Å². The van der Waals surface area contributed by atoms with Crippen LogP contribution in [0.15, 0.2) is 60.2 Å². The molecule has 1 N–H and O–H groups in total. The molecule has 168 valence electrons. The first-order valence-corrected chi connectivity index (χ1v) is 10.8. The van der Waals surface area contributed by atoms with Crippen LogP contribution in [-0.2, 0) is 9.59 Å². The van der Waals surface area contributed by atoms with E-state index in [1.54, 1.807) is 37.3 Å². The zero-order valence-corrected chi connectivity index (χ0v) is 19.1. The third-order valence-corrected chi connectivity index (χ3v) is 5.58. The van der Waals surface area contributed by atoms with Crippen LogP contribution in [0.3, 0.4) is 0 Å². The van der Waals surface area contributed by atoms with Crippen molar-refractivity contribution in [2.45, 2.75) is 20.8 Å². The third kappa shape index (κ3) is 4.15. The van der Waals surface area contributed by atoms with E-state index in [2.05, 4.69) is 5.32 Å². The van der Waals surface area contributed by atoms with Crippen LogP contribution < -0.4 is 15.0 Å². The van der Waals surface area contributed by atoms with Crippen LogP contribution in [0.2, 0.25) is 5.02 Å². The summed E-state index contributed by atoms with van der Waals surface area (Å²) >= 11 is 6.15. The van der Waals surface area contributed by atoms with E-state index in [0.717, 1.165) is 22.0 Å². The molecule has 8 heteroatoms. The predicted molar refractivity (Wildman–Crippen MR) is 127 cm³/mol. The summed E-state index contributed by atoms with van der Waals surface area (Å²) in [5.41, 5.74) is 3.39. The van der Waals surface area contributed by atoms with E-state index in [4.69, 9.17) is 16.3 Å². The van der Waals surface area contributed by atoms with Crippen molar-refractivity contribution in [1.82, 2.24) is 9.88 Å². The number of rotatable bonds is 5. The molecule has 7 nitrogen and oxygen atoms in total. The number of nitrogens with one attached hydrogen (secondary N) is 1. The largest absolute Gasteiger partial charge is 0.492 e. The minimum Gasteiger partial charge on any atom is -0.492 e. The number of benzene rings is 2. The number of para-hydroxylation sites is 2. The van der Waals surface area contributed by atoms with Gasteiger partial charge in [0.2, 0.25) is 0 Å². The fourth-order valence-corrected chi connectivity index (χ4v) is 4.08. The fraction of sp³-hybridized carbons (Fsp3) is 0.160. The Balaban J connectivity index is 1.77. The Labute approximate surface area is 196 Å². The lowest BCUT2D eigenvalue weighted by Crippen LogP contribution is -2.54. The van der Waals surface area contributed by atoms with Gasteiger partial charge in [0.1, 0.15) is 11.3 Å². The second kappa shape index (κ2) is 8.96. The van der Waals surface area contributed by atoms with Gasteiger partial charge in [0.25, 0.3) is 11.8 Å². The van der Waals surface area contributed by atoms with Gasteiger partial charge in [-0.3, -0.25) is 14.9 Å². The maximum Gasteiger partial charge on any atom is 0.336 e. The van der Waals surface area contributed by atoms with Gasteiger partial charge in [0.05, 0.1) is 12.3 Å². The molecule has 0 aliphatic carbocycles. The fourth-order valence-electron chi connectivity index (χ4n) is 3.90. The maximum absolute atomic E-state index is 13.3. The van der Waals surface area contributed by atoms with Crippen molar-refractivity contribution in [2.75, 3.05) is 11.5 Å². The zero-order valence-electron chi connectivity index (χ0n) is 18.4. The van der Waals surface area contributed by atoms with E-state index < -0.39 is 17.8 Å². The van der Waals surface area contributed by atoms with Crippen molar-refractivity contribution in [2.24, 2.45) is 0 Å². The standard InChI is InChI=1S/C25H22ClN3O4/c1-4-33-22-11-6-5-10-21(22)29-24(31)20(23(30)27-25(29)32)13-17-12-15(2)28(16(17)3)19-9-7-8-18(26)14-19/h5-14H,4H2,1-3H3,(H,27,30,32)/b20-13+. The first kappa shape index (κ1) is 22.4. The third-order valence-electron chi connectivity index (χ3n) is 5.34. The van der Waals surface area contributed by atoms with Gasteiger partial charge in [0, 0.05) is 22.1 Å². The van der Waals surface area contributed by atoms with E-state index in [-0.39, 0.29) is 11.3 Å². The first-order chi connectivity index (χ1) is 15.8. The molecule has 0 atom stereocenters. The first-order valence-electron chi connectivity index (χ1n) is 10.4. The van der Waals surface area contributed by atoms with E-state index >= 15 is 0 Å². The van der Waals surface area contributed by atoms with Crippen molar-refractivity contribution in [3.63, 3.8) is 0 Å². The molecule has 2 aromatic carbocycles. The highest BCUT2D eigenvalue weighted by molar-refractivity contribution is 6.39. The Morgan fingerprint density at radius 1 is 1.03 bits per heavy atom. The molecule has 3 aromatic rings. The highest BCUT2D eigenvalue weighted by atomic mass is 35.5. The summed E-state index contributed by atoms with van der Waals surface area (Å²) < 4.78 is 7.55. The Kier molecular flexibility index (Phi) is 6.07. The number of hydrogen-bond acceptors (Lipinski definition) is 4. The lowest BCUT2D eigenvalue weighted by atomic mass is 10.1. The molecule has 0 radical (unpaired) electrons. The number of imide groups is 2. The lowest BCUT2D eigenvalue weighted by molar-refractivity contribution is -0.122. The molecule has 0 spiro atoms. The molecule has 1 fully saturated rings. The monoisotopic (exact) mass is 463 g/mol. The van der Waals surface area contributed by atoms with E-state index in [1.165, 1.54) is 6.08 Å². The van der Waals surface area contributed by atoms with Gasteiger partial charge < -0.3 is 9.30 Å². The van der Waals surface area contributed by atoms with Crippen LogP contribution in [0, 0.1) is 13.8 Å². The number of halogens is 1. The molecule has 4 amide bonds. The van der Waals surface area contributed by atoms with Crippen molar-refractivity contribution in [3.05, 3.63) is 82.1 Å². The Bertz CT molecular complexity index is 1310. The molecule has 1 aromatic heterocycles. The summed E-state index contributed by atoms with van der Waals surface area (Å²) in [5, 5.41) is 2.86. The highest BCUT2D eigenvalue weighted by Gasteiger charge is 2.38. The second-order valence-electron chi connectivity index (χ2n) is 7.50. The predicted octanol–water partition coefficient (Wildman–Crippen LogP) is 4.81. The number of hydrogen-bond donors (Lipinski definition) is 1. The summed E-state index contributed by atoms with van der Waals surface area (Å²) in [6.07, 6.45) is 1.50. The number of carbonyl (C=O) groups excluding carboxylic acids is 3. The van der Waals surface area contributed by atoms with E-state index in [0.29, 0.717) is 22.9 Å². The van der Waals surface area contributed by atoms with Crippen LogP contribution >= 0.6 is 11.6 Å². The number of barbiturate groups is 1. The van der Waals surface area contributed by atoms with E-state index in [1.807, 2.05) is 42.7 Å². The molecule has 33 heavy (non-hydrogen) atoms.